The van der Waals surface area contributed by atoms with Crippen LogP contribution in [-0.4, -0.2) is 52.5 Å². The van der Waals surface area contributed by atoms with Gasteiger partial charge in [-0.1, -0.05) is 12.8 Å². The van der Waals surface area contributed by atoms with E-state index in [1.54, 1.807) is 7.11 Å². The average molecular weight is 287 g/mol. The molecule has 1 fully saturated rings. The molecule has 2 atom stereocenters. The molecular weight excluding hydrogens is 262 g/mol. The number of esters is 1. The van der Waals surface area contributed by atoms with Gasteiger partial charge in [0.2, 0.25) is 5.91 Å². The van der Waals surface area contributed by atoms with Crippen molar-refractivity contribution in [2.24, 2.45) is 11.8 Å². The Morgan fingerprint density at radius 2 is 1.90 bits per heavy atom. The fraction of sp³-hybridized carbons (Fsp3) is 0.857. The third kappa shape index (κ3) is 5.88. The Kier molecular flexibility index (Phi) is 8.22. The summed E-state index contributed by atoms with van der Waals surface area (Å²) < 4.78 is 14.8. The van der Waals surface area contributed by atoms with Crippen molar-refractivity contribution in [3.05, 3.63) is 0 Å². The van der Waals surface area contributed by atoms with E-state index in [4.69, 9.17) is 14.2 Å². The molecular formula is C14H25NO5. The quantitative estimate of drug-likeness (QED) is 0.526. The lowest BCUT2D eigenvalue weighted by molar-refractivity contribution is -0.149. The molecule has 0 saturated heterocycles. The second-order valence-corrected chi connectivity index (χ2v) is 5.02. The molecule has 1 N–H and O–H groups in total. The first-order chi connectivity index (χ1) is 9.69. The van der Waals surface area contributed by atoms with Gasteiger partial charge in [-0.2, -0.15) is 0 Å². The Morgan fingerprint density at radius 1 is 1.15 bits per heavy atom. The fourth-order valence-corrected chi connectivity index (χ4v) is 2.52. The molecule has 0 aromatic carbocycles. The molecule has 1 aliphatic carbocycles. The number of amides is 1. The van der Waals surface area contributed by atoms with Crippen LogP contribution in [0.15, 0.2) is 0 Å². The lowest BCUT2D eigenvalue weighted by atomic mass is 9.79. The van der Waals surface area contributed by atoms with Crippen LogP contribution >= 0.6 is 0 Å². The van der Waals surface area contributed by atoms with E-state index in [0.29, 0.717) is 19.8 Å². The highest BCUT2D eigenvalue weighted by Crippen LogP contribution is 2.30. The first-order valence-corrected chi connectivity index (χ1v) is 7.10. The van der Waals surface area contributed by atoms with E-state index in [9.17, 15) is 9.59 Å². The summed E-state index contributed by atoms with van der Waals surface area (Å²) in [4.78, 5) is 23.3. The van der Waals surface area contributed by atoms with Gasteiger partial charge in [-0.3, -0.25) is 9.59 Å². The normalized spacial score (nSPS) is 22.3. The number of rotatable bonds is 8. The van der Waals surface area contributed by atoms with Crippen LogP contribution < -0.4 is 5.32 Å². The highest BCUT2D eigenvalue weighted by molar-refractivity contribution is 5.77. The molecule has 6 nitrogen and oxygen atoms in total. The summed E-state index contributed by atoms with van der Waals surface area (Å²) in [5, 5.41) is 2.83. The van der Waals surface area contributed by atoms with E-state index in [0.717, 1.165) is 25.7 Å². The van der Waals surface area contributed by atoms with E-state index in [1.165, 1.54) is 7.11 Å². The smallest absolute Gasteiger partial charge is 0.309 e. The third-order valence-corrected chi connectivity index (χ3v) is 3.64. The van der Waals surface area contributed by atoms with Gasteiger partial charge in [-0.25, -0.2) is 0 Å². The lowest BCUT2D eigenvalue weighted by Crippen LogP contribution is -2.39. The number of nitrogens with one attached hydrogen (secondary N) is 1. The van der Waals surface area contributed by atoms with Crippen molar-refractivity contribution >= 4 is 11.9 Å². The fourth-order valence-electron chi connectivity index (χ4n) is 2.52. The van der Waals surface area contributed by atoms with Gasteiger partial charge in [0.05, 0.1) is 26.2 Å². The minimum Gasteiger partial charge on any atom is -0.469 e. The molecule has 1 rings (SSSR count). The predicted molar refractivity (Wildman–Crippen MR) is 73.2 cm³/mol. The first kappa shape index (κ1) is 16.9. The molecule has 0 aromatic rings. The highest BCUT2D eigenvalue weighted by atomic mass is 16.5. The van der Waals surface area contributed by atoms with E-state index >= 15 is 0 Å². The van der Waals surface area contributed by atoms with Crippen molar-refractivity contribution in [1.82, 2.24) is 5.32 Å². The summed E-state index contributed by atoms with van der Waals surface area (Å²) in [6, 6.07) is 0. The largest absolute Gasteiger partial charge is 0.469 e. The first-order valence-electron chi connectivity index (χ1n) is 7.10. The number of carbonyl (C=O) groups excluding carboxylic acids is 2. The van der Waals surface area contributed by atoms with Crippen LogP contribution in [0.3, 0.4) is 0 Å². The van der Waals surface area contributed by atoms with Crippen LogP contribution in [0, 0.1) is 11.8 Å². The number of hydrogen-bond acceptors (Lipinski definition) is 5. The molecule has 1 amide bonds. The molecule has 1 aliphatic rings. The predicted octanol–water partition coefficient (Wildman–Crippen LogP) is 0.745. The van der Waals surface area contributed by atoms with E-state index < -0.39 is 0 Å². The number of methoxy groups -OCH3 is 2. The molecule has 2 unspecified atom stereocenters. The molecule has 0 spiro atoms. The van der Waals surface area contributed by atoms with Crippen LogP contribution in [0.5, 0.6) is 0 Å². The van der Waals surface area contributed by atoms with Gasteiger partial charge in [-0.05, 0) is 18.8 Å². The topological polar surface area (TPSA) is 73.9 Å². The molecule has 0 heterocycles. The molecule has 1 saturated carbocycles. The monoisotopic (exact) mass is 287 g/mol. The Bertz CT molecular complexity index is 308. The van der Waals surface area contributed by atoms with Crippen molar-refractivity contribution < 1.29 is 23.8 Å². The maximum Gasteiger partial charge on any atom is 0.309 e. The minimum absolute atomic E-state index is 0.0268. The van der Waals surface area contributed by atoms with Crippen molar-refractivity contribution in [3.63, 3.8) is 0 Å². The van der Waals surface area contributed by atoms with Gasteiger partial charge in [0.25, 0.3) is 0 Å². The van der Waals surface area contributed by atoms with Crippen LogP contribution in [-0.2, 0) is 23.8 Å². The average Bonchev–Trinajstić information content (AvgIpc) is 2.49. The van der Waals surface area contributed by atoms with Gasteiger partial charge < -0.3 is 19.5 Å². The zero-order chi connectivity index (χ0) is 14.8. The second kappa shape index (κ2) is 9.72. The molecule has 116 valence electrons. The minimum atomic E-state index is -0.166. The molecule has 0 aliphatic heterocycles. The molecule has 20 heavy (non-hydrogen) atoms. The van der Waals surface area contributed by atoms with Crippen LogP contribution in [0.4, 0.5) is 0 Å². The number of hydrogen-bond donors (Lipinski definition) is 1. The van der Waals surface area contributed by atoms with Crippen molar-refractivity contribution in [3.8, 4) is 0 Å². The maximum atomic E-state index is 11.7. The summed E-state index contributed by atoms with van der Waals surface area (Å²) in [5.41, 5.74) is 0. The van der Waals surface area contributed by atoms with Gasteiger partial charge in [0.15, 0.2) is 0 Å². The summed E-state index contributed by atoms with van der Waals surface area (Å²) in [5.74, 6) is -0.252. The molecule has 0 bridgehead atoms. The van der Waals surface area contributed by atoms with Crippen molar-refractivity contribution in [1.29, 1.82) is 0 Å². The van der Waals surface area contributed by atoms with Gasteiger partial charge in [0, 0.05) is 13.7 Å². The Labute approximate surface area is 120 Å². The van der Waals surface area contributed by atoms with Crippen LogP contribution in [0.1, 0.15) is 25.7 Å². The molecule has 0 aromatic heterocycles. The van der Waals surface area contributed by atoms with Crippen molar-refractivity contribution in [2.45, 2.75) is 25.7 Å². The zero-order valence-electron chi connectivity index (χ0n) is 12.4. The maximum absolute atomic E-state index is 11.7. The Hall–Kier alpha value is -1.14. The summed E-state index contributed by atoms with van der Waals surface area (Å²) in [6.45, 7) is 1.41. The molecule has 0 radical (unpaired) electrons. The van der Waals surface area contributed by atoms with E-state index in [1.807, 2.05) is 0 Å². The second-order valence-electron chi connectivity index (χ2n) is 5.02. The number of ether oxygens (including phenoxy) is 3. The van der Waals surface area contributed by atoms with Gasteiger partial charge in [-0.15, -0.1) is 0 Å². The third-order valence-electron chi connectivity index (χ3n) is 3.64. The standard InChI is InChI=1S/C14H25NO5/c1-18-7-8-20-10-13(16)15-9-11-5-3-4-6-12(11)14(17)19-2/h11-12H,3-10H2,1-2H3,(H,15,16). The van der Waals surface area contributed by atoms with Crippen LogP contribution in [0.25, 0.3) is 0 Å². The molecule has 6 heteroatoms. The van der Waals surface area contributed by atoms with Crippen molar-refractivity contribution in [2.75, 3.05) is 40.6 Å². The SMILES string of the molecule is COCCOCC(=O)NCC1CCCCC1C(=O)OC. The summed E-state index contributed by atoms with van der Waals surface area (Å²) >= 11 is 0. The number of carbonyl (C=O) groups is 2. The summed E-state index contributed by atoms with van der Waals surface area (Å²) in [7, 11) is 3.00. The highest BCUT2D eigenvalue weighted by Gasteiger charge is 2.31. The summed E-state index contributed by atoms with van der Waals surface area (Å²) in [6.07, 6.45) is 3.94. The Morgan fingerprint density at radius 3 is 2.60 bits per heavy atom. The van der Waals surface area contributed by atoms with E-state index in [2.05, 4.69) is 5.32 Å². The van der Waals surface area contributed by atoms with Gasteiger partial charge >= 0.3 is 5.97 Å². The zero-order valence-corrected chi connectivity index (χ0v) is 12.4. The lowest BCUT2D eigenvalue weighted by Gasteiger charge is -2.29. The Balaban J connectivity index is 2.27. The van der Waals surface area contributed by atoms with Crippen LogP contribution in [0.2, 0.25) is 0 Å². The van der Waals surface area contributed by atoms with E-state index in [-0.39, 0.29) is 30.3 Å². The van der Waals surface area contributed by atoms with Gasteiger partial charge in [0.1, 0.15) is 6.61 Å².